The second-order valence-corrected chi connectivity index (χ2v) is 5.39. The van der Waals surface area contributed by atoms with Gasteiger partial charge in [-0.3, -0.25) is 14.9 Å². The highest BCUT2D eigenvalue weighted by Gasteiger charge is 2.30. The van der Waals surface area contributed by atoms with Crippen molar-refractivity contribution >= 4 is 23.3 Å². The fourth-order valence-electron chi connectivity index (χ4n) is 2.05. The number of ether oxygens (including phenoxy) is 1. The lowest BCUT2D eigenvalue weighted by Crippen LogP contribution is -2.30. The maximum absolute atomic E-state index is 12.5. The molecule has 0 aromatic heterocycles. The Bertz CT molecular complexity index is 866. The zero-order valence-electron chi connectivity index (χ0n) is 13.8. The molecule has 0 saturated heterocycles. The Balaban J connectivity index is 2.04. The molecule has 7 nitrogen and oxygen atoms in total. The average Bonchev–Trinajstić information content (AvgIpc) is 2.61. The van der Waals surface area contributed by atoms with Crippen LogP contribution in [0.4, 0.5) is 24.5 Å². The Labute approximate surface area is 150 Å². The van der Waals surface area contributed by atoms with Crippen molar-refractivity contribution in [1.29, 1.82) is 0 Å². The maximum Gasteiger partial charge on any atom is 0.416 e. The third-order valence-corrected chi connectivity index (χ3v) is 3.46. The zero-order valence-corrected chi connectivity index (χ0v) is 13.8. The molecule has 142 valence electrons. The van der Waals surface area contributed by atoms with Gasteiger partial charge in [0, 0.05) is 6.07 Å². The minimum Gasteiger partial charge on any atom is -0.449 e. The number of esters is 1. The summed E-state index contributed by atoms with van der Waals surface area (Å²) in [5.74, 6) is -1.83. The van der Waals surface area contributed by atoms with Crippen molar-refractivity contribution < 1.29 is 32.4 Å². The van der Waals surface area contributed by atoms with Gasteiger partial charge in [0.15, 0.2) is 6.10 Å². The predicted octanol–water partition coefficient (Wildman–Crippen LogP) is 3.80. The number of anilines is 1. The van der Waals surface area contributed by atoms with E-state index in [0.717, 1.165) is 12.1 Å². The highest BCUT2D eigenvalue weighted by molar-refractivity contribution is 5.98. The first-order valence-electron chi connectivity index (χ1n) is 7.52. The number of nitro groups is 1. The number of carbonyl (C=O) groups is 2. The van der Waals surface area contributed by atoms with Crippen LogP contribution in [0.2, 0.25) is 0 Å². The fraction of sp³-hybridized carbons (Fsp3) is 0.176. The molecule has 10 heteroatoms. The van der Waals surface area contributed by atoms with E-state index in [1.54, 1.807) is 0 Å². The van der Waals surface area contributed by atoms with E-state index in [9.17, 15) is 32.9 Å². The van der Waals surface area contributed by atoms with E-state index in [2.05, 4.69) is 5.32 Å². The lowest BCUT2D eigenvalue weighted by molar-refractivity contribution is -0.383. The van der Waals surface area contributed by atoms with Crippen LogP contribution in [0, 0.1) is 10.1 Å². The first kappa shape index (κ1) is 19.9. The van der Waals surface area contributed by atoms with Gasteiger partial charge in [-0.05, 0) is 37.3 Å². The van der Waals surface area contributed by atoms with Gasteiger partial charge >= 0.3 is 12.1 Å². The number of nitrogens with one attached hydrogen (secondary N) is 1. The number of nitro benzene ring substituents is 1. The van der Waals surface area contributed by atoms with Crippen molar-refractivity contribution in [2.45, 2.75) is 19.2 Å². The summed E-state index contributed by atoms with van der Waals surface area (Å²) in [4.78, 5) is 34.3. The largest absolute Gasteiger partial charge is 0.449 e. The predicted molar refractivity (Wildman–Crippen MR) is 88.0 cm³/mol. The monoisotopic (exact) mass is 382 g/mol. The molecule has 1 atom stereocenters. The molecule has 0 spiro atoms. The Morgan fingerprint density at radius 1 is 1.11 bits per heavy atom. The van der Waals surface area contributed by atoms with Crippen LogP contribution in [0.1, 0.15) is 22.8 Å². The minimum atomic E-state index is -4.54. The van der Waals surface area contributed by atoms with E-state index in [0.29, 0.717) is 12.1 Å². The quantitative estimate of drug-likeness (QED) is 0.482. The number of hydrogen-bond donors (Lipinski definition) is 1. The summed E-state index contributed by atoms with van der Waals surface area (Å²) in [6.07, 6.45) is -5.88. The topological polar surface area (TPSA) is 98.5 Å². The number of hydrogen-bond acceptors (Lipinski definition) is 5. The summed E-state index contributed by atoms with van der Waals surface area (Å²) >= 11 is 0. The van der Waals surface area contributed by atoms with Gasteiger partial charge in [-0.15, -0.1) is 0 Å². The molecular formula is C17H13F3N2O5. The van der Waals surface area contributed by atoms with Gasteiger partial charge in [-0.1, -0.05) is 12.1 Å². The van der Waals surface area contributed by atoms with Crippen LogP contribution in [-0.2, 0) is 15.7 Å². The van der Waals surface area contributed by atoms with Crippen LogP contribution in [0.15, 0.2) is 48.5 Å². The van der Waals surface area contributed by atoms with E-state index in [4.69, 9.17) is 4.74 Å². The second-order valence-electron chi connectivity index (χ2n) is 5.39. The van der Waals surface area contributed by atoms with Crippen molar-refractivity contribution in [2.24, 2.45) is 0 Å². The fourth-order valence-corrected chi connectivity index (χ4v) is 2.05. The van der Waals surface area contributed by atoms with Gasteiger partial charge in [0.2, 0.25) is 0 Å². The molecule has 0 radical (unpaired) electrons. The van der Waals surface area contributed by atoms with E-state index >= 15 is 0 Å². The summed E-state index contributed by atoms with van der Waals surface area (Å²) in [6.45, 7) is 1.23. The molecule has 0 unspecified atom stereocenters. The molecule has 0 fully saturated rings. The summed E-state index contributed by atoms with van der Waals surface area (Å²) in [7, 11) is 0. The number of alkyl halides is 3. The Morgan fingerprint density at radius 2 is 1.70 bits per heavy atom. The van der Waals surface area contributed by atoms with Gasteiger partial charge < -0.3 is 10.1 Å². The number of carbonyl (C=O) groups excluding carboxylic acids is 2. The smallest absolute Gasteiger partial charge is 0.416 e. The van der Waals surface area contributed by atoms with Crippen molar-refractivity contribution in [1.82, 2.24) is 0 Å². The minimum absolute atomic E-state index is 0.0788. The third-order valence-electron chi connectivity index (χ3n) is 3.46. The van der Waals surface area contributed by atoms with Crippen LogP contribution in [0.25, 0.3) is 0 Å². The van der Waals surface area contributed by atoms with Crippen molar-refractivity contribution in [3.63, 3.8) is 0 Å². The normalized spacial score (nSPS) is 12.1. The van der Waals surface area contributed by atoms with E-state index in [1.165, 1.54) is 31.2 Å². The van der Waals surface area contributed by atoms with E-state index < -0.39 is 34.6 Å². The lowest BCUT2D eigenvalue weighted by Gasteiger charge is -2.14. The van der Waals surface area contributed by atoms with Gasteiger partial charge in [-0.25, -0.2) is 4.79 Å². The zero-order chi connectivity index (χ0) is 20.2. The van der Waals surface area contributed by atoms with Crippen molar-refractivity contribution in [2.75, 3.05) is 5.32 Å². The van der Waals surface area contributed by atoms with Gasteiger partial charge in [0.1, 0.15) is 5.69 Å². The molecular weight excluding hydrogens is 369 g/mol. The highest BCUT2D eigenvalue weighted by atomic mass is 19.4. The van der Waals surface area contributed by atoms with Crippen LogP contribution < -0.4 is 5.32 Å². The second kappa shape index (κ2) is 7.85. The number of halogens is 3. The Kier molecular flexibility index (Phi) is 5.78. The Hall–Kier alpha value is -3.43. The highest BCUT2D eigenvalue weighted by Crippen LogP contribution is 2.29. The molecule has 0 aliphatic heterocycles. The standard InChI is InChI=1S/C17H13F3N2O5/c1-10(15(23)21-13-4-2-3-5-14(13)22(25)26)27-16(24)11-6-8-12(9-7-11)17(18,19)20/h2-10H,1H3,(H,21,23)/t10-/m1/s1. The third kappa shape index (κ3) is 5.03. The molecule has 0 aliphatic rings. The molecule has 0 saturated carbocycles. The number of rotatable bonds is 5. The maximum atomic E-state index is 12.5. The number of benzene rings is 2. The first-order chi connectivity index (χ1) is 12.6. The van der Waals surface area contributed by atoms with Crippen molar-refractivity contribution in [3.05, 3.63) is 69.8 Å². The summed E-state index contributed by atoms with van der Waals surface area (Å²) in [5, 5.41) is 13.2. The SMILES string of the molecule is C[C@@H](OC(=O)c1ccc(C(F)(F)F)cc1)C(=O)Nc1ccccc1[N+](=O)[O-]. The summed E-state index contributed by atoms with van der Waals surface area (Å²) in [5.41, 5.74) is -1.52. The number of nitrogens with zero attached hydrogens (tertiary/aromatic N) is 1. The Morgan fingerprint density at radius 3 is 2.26 bits per heavy atom. The van der Waals surface area contributed by atoms with E-state index in [-0.39, 0.29) is 16.9 Å². The van der Waals surface area contributed by atoms with Crippen LogP contribution in [0.3, 0.4) is 0 Å². The average molecular weight is 382 g/mol. The lowest BCUT2D eigenvalue weighted by atomic mass is 10.1. The van der Waals surface area contributed by atoms with Crippen LogP contribution in [-0.4, -0.2) is 22.9 Å². The van der Waals surface area contributed by atoms with Crippen LogP contribution >= 0.6 is 0 Å². The van der Waals surface area contributed by atoms with Crippen molar-refractivity contribution in [3.8, 4) is 0 Å². The summed E-state index contributed by atoms with van der Waals surface area (Å²) < 4.78 is 42.4. The molecule has 2 rings (SSSR count). The first-order valence-corrected chi connectivity index (χ1v) is 7.52. The molecule has 1 N–H and O–H groups in total. The number of amides is 1. The summed E-state index contributed by atoms with van der Waals surface area (Å²) in [6, 6.07) is 8.68. The molecule has 0 bridgehead atoms. The molecule has 0 aliphatic carbocycles. The molecule has 1 amide bonds. The molecule has 2 aromatic carbocycles. The number of para-hydroxylation sites is 2. The van der Waals surface area contributed by atoms with Gasteiger partial charge in [0.25, 0.3) is 11.6 Å². The molecule has 2 aromatic rings. The molecule has 0 heterocycles. The molecule has 27 heavy (non-hydrogen) atoms. The van der Waals surface area contributed by atoms with Crippen LogP contribution in [0.5, 0.6) is 0 Å². The van der Waals surface area contributed by atoms with E-state index in [1.807, 2.05) is 0 Å². The van der Waals surface area contributed by atoms with Gasteiger partial charge in [-0.2, -0.15) is 13.2 Å². The van der Waals surface area contributed by atoms with Gasteiger partial charge in [0.05, 0.1) is 16.1 Å².